The van der Waals surface area contributed by atoms with Crippen LogP contribution >= 0.6 is 0 Å². The largest absolute Gasteiger partial charge is 0.428 e. The summed E-state index contributed by atoms with van der Waals surface area (Å²) in [5.41, 5.74) is 9.85. The summed E-state index contributed by atoms with van der Waals surface area (Å²) >= 11 is 0. The third-order valence-corrected chi connectivity index (χ3v) is 3.61. The maximum Gasteiger partial charge on any atom is 0.221 e. The topological polar surface area (TPSA) is 68.2 Å². The van der Waals surface area contributed by atoms with Crippen LogP contribution in [0.2, 0.25) is 0 Å². The second-order valence-electron chi connectivity index (χ2n) is 5.21. The lowest BCUT2D eigenvalue weighted by molar-refractivity contribution is -0.117. The van der Waals surface area contributed by atoms with Crippen LogP contribution < -0.4 is 5.73 Å². The lowest BCUT2D eigenvalue weighted by atomic mass is 9.95. The number of nitrogens with zero attached hydrogens (tertiary/aromatic N) is 1. The fraction of sp³-hybridized carbons (Fsp3) is 0.118. The lowest BCUT2D eigenvalue weighted by Crippen LogP contribution is -2.14. The Morgan fingerprint density at radius 2 is 1.95 bits per heavy atom. The molecule has 4 nitrogen and oxygen atoms in total. The van der Waals surface area contributed by atoms with Crippen LogP contribution in [0.5, 0.6) is 0 Å². The second-order valence-corrected chi connectivity index (χ2v) is 5.21. The van der Waals surface area contributed by atoms with Crippen molar-refractivity contribution in [2.75, 3.05) is 0 Å². The third-order valence-electron chi connectivity index (χ3n) is 3.61. The van der Waals surface area contributed by atoms with Gasteiger partial charge in [0, 0.05) is 10.9 Å². The maximum absolute atomic E-state index is 11.3. The minimum Gasteiger partial charge on any atom is -0.428 e. The zero-order chi connectivity index (χ0) is 15.0. The van der Waals surface area contributed by atoms with Crippen molar-refractivity contribution in [1.82, 2.24) is 4.73 Å². The van der Waals surface area contributed by atoms with Crippen LogP contribution in [-0.2, 0) is 11.2 Å². The molecule has 3 aromatic rings. The predicted molar refractivity (Wildman–Crippen MR) is 82.2 cm³/mol. The number of rotatable bonds is 3. The summed E-state index contributed by atoms with van der Waals surface area (Å²) in [6.45, 7) is 2.00. The number of nitrogens with two attached hydrogens (primary N) is 1. The van der Waals surface area contributed by atoms with Crippen molar-refractivity contribution >= 4 is 16.8 Å². The molecule has 1 amide bonds. The minimum absolute atomic E-state index is 0.181. The number of aryl methyl sites for hydroxylation is 1. The molecular weight excluding hydrogens is 264 g/mol. The number of carbonyl (C=O) groups is 1. The van der Waals surface area contributed by atoms with Gasteiger partial charge in [-0.2, -0.15) is 4.73 Å². The van der Waals surface area contributed by atoms with E-state index in [-0.39, 0.29) is 12.3 Å². The van der Waals surface area contributed by atoms with Crippen LogP contribution in [-0.4, -0.2) is 15.8 Å². The van der Waals surface area contributed by atoms with Crippen LogP contribution in [0.1, 0.15) is 11.1 Å². The van der Waals surface area contributed by atoms with E-state index in [4.69, 9.17) is 5.73 Å². The van der Waals surface area contributed by atoms with E-state index < -0.39 is 0 Å². The molecule has 1 heterocycles. The first kappa shape index (κ1) is 13.2. The highest BCUT2D eigenvalue weighted by Crippen LogP contribution is 2.33. The smallest absolute Gasteiger partial charge is 0.221 e. The van der Waals surface area contributed by atoms with Gasteiger partial charge in [0.2, 0.25) is 5.91 Å². The van der Waals surface area contributed by atoms with Crippen LogP contribution in [0.4, 0.5) is 0 Å². The summed E-state index contributed by atoms with van der Waals surface area (Å²) in [5, 5.41) is 11.0. The average Bonchev–Trinajstić information content (AvgIpc) is 2.78. The van der Waals surface area contributed by atoms with E-state index in [0.29, 0.717) is 0 Å². The van der Waals surface area contributed by atoms with Crippen LogP contribution in [0.3, 0.4) is 0 Å². The SMILES string of the molecule is Cc1ccc(CC(N)=O)c(-c2cn(O)c3ccccc23)c1. The van der Waals surface area contributed by atoms with E-state index in [1.165, 1.54) is 0 Å². The number of primary amides is 1. The highest BCUT2D eigenvalue weighted by molar-refractivity contribution is 5.97. The van der Waals surface area contributed by atoms with Crippen molar-refractivity contribution in [2.45, 2.75) is 13.3 Å². The number of carbonyl (C=O) groups excluding carboxylic acids is 1. The first-order chi connectivity index (χ1) is 10.1. The summed E-state index contributed by atoms with van der Waals surface area (Å²) in [6.07, 6.45) is 1.85. The van der Waals surface area contributed by atoms with Gasteiger partial charge in [-0.05, 0) is 24.1 Å². The van der Waals surface area contributed by atoms with E-state index in [1.807, 2.05) is 49.4 Å². The van der Waals surface area contributed by atoms with Crippen molar-refractivity contribution in [2.24, 2.45) is 5.73 Å². The molecule has 0 spiro atoms. The molecule has 0 aliphatic rings. The van der Waals surface area contributed by atoms with E-state index in [1.54, 1.807) is 6.20 Å². The molecule has 2 aromatic carbocycles. The lowest BCUT2D eigenvalue weighted by Gasteiger charge is -2.08. The van der Waals surface area contributed by atoms with Gasteiger partial charge in [-0.25, -0.2) is 0 Å². The van der Waals surface area contributed by atoms with E-state index in [0.717, 1.165) is 37.9 Å². The zero-order valence-electron chi connectivity index (χ0n) is 11.7. The average molecular weight is 280 g/mol. The standard InChI is InChI=1S/C17H16N2O2/c1-11-6-7-12(9-17(18)20)14(8-11)15-10-19(21)16-5-3-2-4-13(15)16/h2-8,10,21H,9H2,1H3,(H2,18,20). The number of amides is 1. The number of para-hydroxylation sites is 1. The van der Waals surface area contributed by atoms with Gasteiger partial charge >= 0.3 is 0 Å². The highest BCUT2D eigenvalue weighted by Gasteiger charge is 2.14. The minimum atomic E-state index is -0.368. The molecular formula is C17H16N2O2. The fourth-order valence-corrected chi connectivity index (χ4v) is 2.66. The maximum atomic E-state index is 11.3. The number of hydrogen-bond donors (Lipinski definition) is 2. The normalized spacial score (nSPS) is 10.9. The Hall–Kier alpha value is -2.75. The first-order valence-corrected chi connectivity index (χ1v) is 6.74. The molecule has 3 rings (SSSR count). The van der Waals surface area contributed by atoms with Crippen molar-refractivity contribution in [1.29, 1.82) is 0 Å². The summed E-state index contributed by atoms with van der Waals surface area (Å²) in [4.78, 5) is 11.3. The van der Waals surface area contributed by atoms with Gasteiger partial charge in [0.25, 0.3) is 0 Å². The van der Waals surface area contributed by atoms with Gasteiger partial charge in [0.05, 0.1) is 18.1 Å². The summed E-state index contributed by atoms with van der Waals surface area (Å²) in [6, 6.07) is 13.5. The molecule has 0 atom stereocenters. The van der Waals surface area contributed by atoms with Gasteiger partial charge < -0.3 is 10.9 Å². The highest BCUT2D eigenvalue weighted by atomic mass is 16.5. The van der Waals surface area contributed by atoms with Crippen molar-refractivity contribution < 1.29 is 10.0 Å². The first-order valence-electron chi connectivity index (χ1n) is 6.74. The molecule has 0 aliphatic heterocycles. The second kappa shape index (κ2) is 4.98. The van der Waals surface area contributed by atoms with Gasteiger partial charge in [0.15, 0.2) is 0 Å². The molecule has 1 aromatic heterocycles. The number of benzene rings is 2. The summed E-state index contributed by atoms with van der Waals surface area (Å²) in [7, 11) is 0. The molecule has 21 heavy (non-hydrogen) atoms. The summed E-state index contributed by atoms with van der Waals surface area (Å²) in [5.74, 6) is -0.368. The number of hydrogen-bond acceptors (Lipinski definition) is 2. The molecule has 0 unspecified atom stereocenters. The predicted octanol–water partition coefficient (Wildman–Crippen LogP) is 2.88. The van der Waals surface area contributed by atoms with Crippen molar-refractivity contribution in [3.8, 4) is 11.1 Å². The Bertz CT molecular complexity index is 834. The van der Waals surface area contributed by atoms with Crippen LogP contribution in [0, 0.1) is 6.92 Å². The van der Waals surface area contributed by atoms with Gasteiger partial charge in [-0.1, -0.05) is 42.0 Å². The Labute approximate surface area is 122 Å². The number of aromatic nitrogens is 1. The van der Waals surface area contributed by atoms with Crippen LogP contribution in [0.15, 0.2) is 48.7 Å². The number of fused-ring (bicyclic) bond motifs is 1. The van der Waals surface area contributed by atoms with Gasteiger partial charge in [-0.3, -0.25) is 4.79 Å². The zero-order valence-corrected chi connectivity index (χ0v) is 11.7. The Kier molecular flexibility index (Phi) is 3.14. The van der Waals surface area contributed by atoms with E-state index >= 15 is 0 Å². The molecule has 106 valence electrons. The monoisotopic (exact) mass is 280 g/mol. The van der Waals surface area contributed by atoms with Gasteiger partial charge in [-0.15, -0.1) is 0 Å². The van der Waals surface area contributed by atoms with Crippen molar-refractivity contribution in [3.63, 3.8) is 0 Å². The Morgan fingerprint density at radius 1 is 1.19 bits per heavy atom. The molecule has 0 saturated heterocycles. The molecule has 0 fully saturated rings. The van der Waals surface area contributed by atoms with Crippen molar-refractivity contribution in [3.05, 3.63) is 59.8 Å². The molecule has 0 saturated carbocycles. The Balaban J connectivity index is 2.27. The molecule has 3 N–H and O–H groups in total. The fourth-order valence-electron chi connectivity index (χ4n) is 2.66. The van der Waals surface area contributed by atoms with Crippen LogP contribution in [0.25, 0.3) is 22.0 Å². The molecule has 0 radical (unpaired) electrons. The molecule has 0 bridgehead atoms. The molecule has 0 aliphatic carbocycles. The quantitative estimate of drug-likeness (QED) is 0.724. The van der Waals surface area contributed by atoms with E-state index in [9.17, 15) is 10.0 Å². The third kappa shape index (κ3) is 2.36. The Morgan fingerprint density at radius 3 is 2.71 bits per heavy atom. The summed E-state index contributed by atoms with van der Waals surface area (Å²) < 4.78 is 1.11. The van der Waals surface area contributed by atoms with E-state index in [2.05, 4.69) is 0 Å². The molecule has 4 heteroatoms. The van der Waals surface area contributed by atoms with Gasteiger partial charge in [0.1, 0.15) is 0 Å².